The van der Waals surface area contributed by atoms with Crippen LogP contribution in [0.15, 0.2) is 18.2 Å². The summed E-state index contributed by atoms with van der Waals surface area (Å²) in [6.07, 6.45) is -2.13. The molecule has 0 aliphatic heterocycles. The van der Waals surface area contributed by atoms with E-state index in [0.717, 1.165) is 25.0 Å². The molecule has 1 fully saturated rings. The first-order valence-electron chi connectivity index (χ1n) is 6.19. The second kappa shape index (κ2) is 5.36. The van der Waals surface area contributed by atoms with Crippen molar-refractivity contribution in [3.8, 4) is 0 Å². The lowest BCUT2D eigenvalue weighted by molar-refractivity contribution is -0.139. The first-order chi connectivity index (χ1) is 8.88. The van der Waals surface area contributed by atoms with Crippen molar-refractivity contribution in [3.05, 3.63) is 29.6 Å². The van der Waals surface area contributed by atoms with Crippen LogP contribution in [-0.4, -0.2) is 17.3 Å². The quantitative estimate of drug-likeness (QED) is 0.810. The summed E-state index contributed by atoms with van der Waals surface area (Å²) in [5, 5.41) is 12.6. The monoisotopic (exact) mass is 277 g/mol. The maximum atomic E-state index is 13.1. The molecule has 19 heavy (non-hydrogen) atoms. The van der Waals surface area contributed by atoms with Gasteiger partial charge in [-0.3, -0.25) is 0 Å². The summed E-state index contributed by atoms with van der Waals surface area (Å²) in [5.41, 5.74) is -1.11. The molecule has 0 unspecified atom stereocenters. The third-order valence-corrected chi connectivity index (χ3v) is 3.35. The van der Waals surface area contributed by atoms with Crippen LogP contribution in [0, 0.1) is 5.82 Å². The Morgan fingerprint density at radius 1 is 1.16 bits per heavy atom. The molecular weight excluding hydrogens is 262 g/mol. The van der Waals surface area contributed by atoms with Gasteiger partial charge in [-0.1, -0.05) is 12.8 Å². The van der Waals surface area contributed by atoms with Gasteiger partial charge in [0.25, 0.3) is 0 Å². The summed E-state index contributed by atoms with van der Waals surface area (Å²) >= 11 is 0. The minimum atomic E-state index is -4.72. The van der Waals surface area contributed by atoms with Gasteiger partial charge >= 0.3 is 6.18 Å². The summed E-state index contributed by atoms with van der Waals surface area (Å²) in [6, 6.07) is 2.52. The summed E-state index contributed by atoms with van der Waals surface area (Å²) in [4.78, 5) is 0. The Bertz CT molecular complexity index is 447. The highest BCUT2D eigenvalue weighted by atomic mass is 19.4. The number of halogens is 4. The number of benzene rings is 1. The third kappa shape index (κ3) is 3.37. The lowest BCUT2D eigenvalue weighted by atomic mass is 9.92. The van der Waals surface area contributed by atoms with Gasteiger partial charge in [-0.15, -0.1) is 0 Å². The number of alkyl halides is 3. The summed E-state index contributed by atoms with van der Waals surface area (Å²) in [7, 11) is 0. The molecule has 0 spiro atoms. The molecule has 6 heteroatoms. The predicted octanol–water partition coefficient (Wildman–Crippen LogP) is 3.56. The van der Waals surface area contributed by atoms with E-state index in [-0.39, 0.29) is 11.7 Å². The van der Waals surface area contributed by atoms with Gasteiger partial charge < -0.3 is 10.4 Å². The normalized spacial score (nSPS) is 24.3. The second-order valence-corrected chi connectivity index (χ2v) is 4.80. The molecule has 0 aromatic heterocycles. The molecule has 1 aromatic carbocycles. The SMILES string of the molecule is O[C@@H]1CCCC[C@H]1Nc1ccc(F)c(C(F)(F)F)c1. The van der Waals surface area contributed by atoms with E-state index in [1.165, 1.54) is 6.07 Å². The fourth-order valence-corrected chi connectivity index (χ4v) is 2.33. The number of hydrogen-bond acceptors (Lipinski definition) is 2. The van der Waals surface area contributed by atoms with Gasteiger partial charge in [0.05, 0.1) is 17.7 Å². The molecule has 1 aliphatic carbocycles. The van der Waals surface area contributed by atoms with E-state index in [1.54, 1.807) is 0 Å². The molecule has 2 atom stereocenters. The van der Waals surface area contributed by atoms with E-state index < -0.39 is 23.7 Å². The van der Waals surface area contributed by atoms with Crippen molar-refractivity contribution in [2.75, 3.05) is 5.32 Å². The van der Waals surface area contributed by atoms with E-state index >= 15 is 0 Å². The zero-order chi connectivity index (χ0) is 14.0. The van der Waals surface area contributed by atoms with Gasteiger partial charge in [0.15, 0.2) is 0 Å². The highest BCUT2D eigenvalue weighted by Gasteiger charge is 2.34. The minimum absolute atomic E-state index is 0.180. The van der Waals surface area contributed by atoms with E-state index in [2.05, 4.69) is 5.32 Å². The topological polar surface area (TPSA) is 32.3 Å². The summed E-state index contributed by atoms with van der Waals surface area (Å²) < 4.78 is 50.8. The molecule has 106 valence electrons. The molecule has 2 nitrogen and oxygen atoms in total. The van der Waals surface area contributed by atoms with Crippen LogP contribution in [0.5, 0.6) is 0 Å². The summed E-state index contributed by atoms with van der Waals surface area (Å²) in [6.45, 7) is 0. The average molecular weight is 277 g/mol. The molecule has 0 heterocycles. The number of rotatable bonds is 2. The Balaban J connectivity index is 2.17. The van der Waals surface area contributed by atoms with Crippen LogP contribution in [0.2, 0.25) is 0 Å². The zero-order valence-electron chi connectivity index (χ0n) is 10.2. The Kier molecular flexibility index (Phi) is 3.99. The molecular formula is C13H15F4NO. The van der Waals surface area contributed by atoms with E-state index in [1.807, 2.05) is 0 Å². The van der Waals surface area contributed by atoms with Crippen molar-refractivity contribution in [2.24, 2.45) is 0 Å². The predicted molar refractivity (Wildman–Crippen MR) is 63.3 cm³/mol. The van der Waals surface area contributed by atoms with Gasteiger partial charge in [-0.2, -0.15) is 13.2 Å². The van der Waals surface area contributed by atoms with Gasteiger partial charge in [0.1, 0.15) is 5.82 Å². The molecule has 1 aliphatic rings. The molecule has 0 radical (unpaired) electrons. The van der Waals surface area contributed by atoms with Crippen LogP contribution >= 0.6 is 0 Å². The van der Waals surface area contributed by atoms with Crippen molar-refractivity contribution in [1.82, 2.24) is 0 Å². The summed E-state index contributed by atoms with van der Waals surface area (Å²) in [5.74, 6) is -1.29. The van der Waals surface area contributed by atoms with E-state index in [9.17, 15) is 22.7 Å². The van der Waals surface area contributed by atoms with Crippen molar-refractivity contribution in [2.45, 2.75) is 44.0 Å². The fraction of sp³-hybridized carbons (Fsp3) is 0.538. The first-order valence-corrected chi connectivity index (χ1v) is 6.19. The lowest BCUT2D eigenvalue weighted by Gasteiger charge is -2.29. The van der Waals surface area contributed by atoms with Crippen molar-refractivity contribution in [1.29, 1.82) is 0 Å². The molecule has 0 saturated heterocycles. The second-order valence-electron chi connectivity index (χ2n) is 4.80. The fourth-order valence-electron chi connectivity index (χ4n) is 2.33. The van der Waals surface area contributed by atoms with Crippen LogP contribution in [0.25, 0.3) is 0 Å². The molecule has 2 rings (SSSR count). The van der Waals surface area contributed by atoms with E-state index in [4.69, 9.17) is 0 Å². The lowest BCUT2D eigenvalue weighted by Crippen LogP contribution is -2.36. The number of aliphatic hydroxyl groups is 1. The number of nitrogens with one attached hydrogen (secondary N) is 1. The van der Waals surface area contributed by atoms with Crippen LogP contribution in [0.1, 0.15) is 31.2 Å². The molecule has 1 aromatic rings. The largest absolute Gasteiger partial charge is 0.419 e. The molecule has 1 saturated carbocycles. The van der Waals surface area contributed by atoms with Gasteiger partial charge in [-0.25, -0.2) is 4.39 Å². The van der Waals surface area contributed by atoms with Crippen LogP contribution in [0.3, 0.4) is 0 Å². The van der Waals surface area contributed by atoms with Gasteiger partial charge in [-0.05, 0) is 31.0 Å². The molecule has 2 N–H and O–H groups in total. The first kappa shape index (κ1) is 14.1. The Morgan fingerprint density at radius 2 is 1.84 bits per heavy atom. The highest BCUT2D eigenvalue weighted by molar-refractivity contribution is 5.48. The van der Waals surface area contributed by atoms with Crippen LogP contribution < -0.4 is 5.32 Å². The Labute approximate surface area is 108 Å². The minimum Gasteiger partial charge on any atom is -0.391 e. The Morgan fingerprint density at radius 3 is 2.47 bits per heavy atom. The van der Waals surface area contributed by atoms with Crippen LogP contribution in [-0.2, 0) is 6.18 Å². The van der Waals surface area contributed by atoms with E-state index in [0.29, 0.717) is 12.8 Å². The average Bonchev–Trinajstić information content (AvgIpc) is 2.33. The third-order valence-electron chi connectivity index (χ3n) is 3.35. The number of aliphatic hydroxyl groups excluding tert-OH is 1. The number of anilines is 1. The van der Waals surface area contributed by atoms with Crippen molar-refractivity contribution in [3.63, 3.8) is 0 Å². The standard InChI is InChI=1S/C13H15F4NO/c14-10-6-5-8(7-9(10)13(15,16)17)18-11-3-1-2-4-12(11)19/h5-7,11-12,18-19H,1-4H2/t11-,12-/m1/s1. The maximum absolute atomic E-state index is 13.1. The molecule has 0 amide bonds. The zero-order valence-corrected chi connectivity index (χ0v) is 10.2. The molecule has 0 bridgehead atoms. The van der Waals surface area contributed by atoms with Gasteiger partial charge in [0.2, 0.25) is 0 Å². The Hall–Kier alpha value is -1.30. The van der Waals surface area contributed by atoms with Crippen molar-refractivity contribution >= 4 is 5.69 Å². The van der Waals surface area contributed by atoms with Gasteiger partial charge in [0, 0.05) is 5.69 Å². The number of hydrogen-bond donors (Lipinski definition) is 2. The highest BCUT2D eigenvalue weighted by Crippen LogP contribution is 2.33. The smallest absolute Gasteiger partial charge is 0.391 e. The maximum Gasteiger partial charge on any atom is 0.419 e. The van der Waals surface area contributed by atoms with Crippen molar-refractivity contribution < 1.29 is 22.7 Å². The van der Waals surface area contributed by atoms with Crippen LogP contribution in [0.4, 0.5) is 23.2 Å².